The Bertz CT molecular complexity index is 551. The minimum atomic E-state index is -3.07. The first-order chi connectivity index (χ1) is 8.69. The molecule has 0 bridgehead atoms. The summed E-state index contributed by atoms with van der Waals surface area (Å²) in [6, 6.07) is 8.78. The summed E-state index contributed by atoms with van der Waals surface area (Å²) in [5, 5.41) is 0. The molecule has 1 saturated heterocycles. The van der Waals surface area contributed by atoms with Crippen molar-refractivity contribution in [1.29, 1.82) is 0 Å². The van der Waals surface area contributed by atoms with Crippen LogP contribution in [0.2, 0.25) is 25.7 Å². The van der Waals surface area contributed by atoms with Gasteiger partial charge in [-0.05, 0) is 23.7 Å². The smallest absolute Gasteiger partial charge is 0.212 e. The molecule has 0 radical (unpaired) electrons. The monoisotopic (exact) mass is 361 g/mol. The maximum atomic E-state index is 12.2. The van der Waals surface area contributed by atoms with Gasteiger partial charge >= 0.3 is 0 Å². The second kappa shape index (κ2) is 5.31. The molecule has 0 saturated carbocycles. The summed E-state index contributed by atoms with van der Waals surface area (Å²) in [5.41, 5.74) is 1.08. The van der Waals surface area contributed by atoms with Gasteiger partial charge in [0.15, 0.2) is 0 Å². The zero-order valence-electron chi connectivity index (χ0n) is 11.6. The van der Waals surface area contributed by atoms with Crippen LogP contribution in [-0.2, 0) is 10.0 Å². The first kappa shape index (κ1) is 15.2. The number of rotatable bonds is 5. The van der Waals surface area contributed by atoms with Gasteiger partial charge in [0.05, 0.1) is 11.8 Å². The Kier molecular flexibility index (Phi) is 4.25. The molecule has 1 heterocycles. The van der Waals surface area contributed by atoms with Crippen LogP contribution < -0.4 is 0 Å². The van der Waals surface area contributed by atoms with Crippen LogP contribution in [0.15, 0.2) is 28.7 Å². The fraction of sp³-hybridized carbons (Fsp3) is 0.538. The molecule has 2 rings (SSSR count). The van der Waals surface area contributed by atoms with E-state index < -0.39 is 18.1 Å². The van der Waals surface area contributed by atoms with Crippen LogP contribution in [0.5, 0.6) is 0 Å². The number of halogens is 1. The topological polar surface area (TPSA) is 37.1 Å². The highest BCUT2D eigenvalue weighted by molar-refractivity contribution is 9.10. The van der Waals surface area contributed by atoms with Gasteiger partial charge in [-0.2, -0.15) is 4.31 Å². The molecule has 1 aromatic carbocycles. The number of hydrogen-bond acceptors (Lipinski definition) is 2. The number of benzene rings is 1. The van der Waals surface area contributed by atoms with Gasteiger partial charge in [-0.1, -0.05) is 47.7 Å². The molecule has 1 fully saturated rings. The van der Waals surface area contributed by atoms with Gasteiger partial charge in [0, 0.05) is 19.1 Å². The van der Waals surface area contributed by atoms with E-state index in [0.29, 0.717) is 12.3 Å². The molecule has 2 atom stereocenters. The van der Waals surface area contributed by atoms with Gasteiger partial charge < -0.3 is 0 Å². The van der Waals surface area contributed by atoms with Crippen molar-refractivity contribution in [2.45, 2.75) is 31.7 Å². The summed E-state index contributed by atoms with van der Waals surface area (Å²) in [7, 11) is -4.38. The highest BCUT2D eigenvalue weighted by atomic mass is 79.9. The molecule has 106 valence electrons. The zero-order valence-corrected chi connectivity index (χ0v) is 15.0. The summed E-state index contributed by atoms with van der Waals surface area (Å²) >= 11 is 3.39. The van der Waals surface area contributed by atoms with Crippen molar-refractivity contribution < 1.29 is 8.42 Å². The molecule has 0 aliphatic carbocycles. The van der Waals surface area contributed by atoms with Crippen molar-refractivity contribution in [2.24, 2.45) is 0 Å². The lowest BCUT2D eigenvalue weighted by molar-refractivity contribution is 0.555. The Balaban J connectivity index is 2.00. The molecule has 1 aliphatic heterocycles. The number of sulfonamides is 1. The fourth-order valence-electron chi connectivity index (χ4n) is 1.94. The highest BCUT2D eigenvalue weighted by Gasteiger charge is 2.44. The molecule has 0 spiro atoms. The standard InChI is InChI=1S/C13H20BrNO2SSi/c1-19(2,3)9-8-18(16,17)15-10-13(15)11-4-6-12(14)7-5-11/h4-7,13H,8-10H2,1-3H3/t13-,15?/m1/s1. The first-order valence-corrected chi connectivity index (χ1v) is 12.5. The molecule has 6 heteroatoms. The summed E-state index contributed by atoms with van der Waals surface area (Å²) in [6.45, 7) is 7.25. The van der Waals surface area contributed by atoms with Crippen molar-refractivity contribution in [3.05, 3.63) is 34.3 Å². The predicted molar refractivity (Wildman–Crippen MR) is 85.5 cm³/mol. The van der Waals surface area contributed by atoms with Crippen molar-refractivity contribution in [3.8, 4) is 0 Å². The predicted octanol–water partition coefficient (Wildman–Crippen LogP) is 3.47. The van der Waals surface area contributed by atoms with Gasteiger partial charge in [0.1, 0.15) is 0 Å². The average molecular weight is 362 g/mol. The third-order valence-electron chi connectivity index (χ3n) is 3.29. The lowest BCUT2D eigenvalue weighted by atomic mass is 10.2. The Morgan fingerprint density at radius 1 is 1.26 bits per heavy atom. The highest BCUT2D eigenvalue weighted by Crippen LogP contribution is 2.38. The largest absolute Gasteiger partial charge is 0.214 e. The van der Waals surface area contributed by atoms with Crippen molar-refractivity contribution >= 4 is 34.0 Å². The first-order valence-electron chi connectivity index (χ1n) is 6.44. The Morgan fingerprint density at radius 2 is 1.84 bits per heavy atom. The van der Waals surface area contributed by atoms with Crippen LogP contribution in [0.1, 0.15) is 11.6 Å². The fourth-order valence-corrected chi connectivity index (χ4v) is 6.80. The van der Waals surface area contributed by atoms with Crippen LogP contribution >= 0.6 is 15.9 Å². The van der Waals surface area contributed by atoms with E-state index >= 15 is 0 Å². The van der Waals surface area contributed by atoms with E-state index in [9.17, 15) is 8.42 Å². The Hall–Kier alpha value is -0.173. The van der Waals surface area contributed by atoms with Crippen molar-refractivity contribution in [1.82, 2.24) is 4.31 Å². The van der Waals surface area contributed by atoms with Gasteiger partial charge in [0.2, 0.25) is 10.0 Å². The minimum absolute atomic E-state index is 0.0553. The summed E-state index contributed by atoms with van der Waals surface area (Å²) in [6.07, 6.45) is 0. The Morgan fingerprint density at radius 3 is 2.37 bits per heavy atom. The quantitative estimate of drug-likeness (QED) is 0.594. The molecule has 19 heavy (non-hydrogen) atoms. The molecular weight excluding hydrogens is 342 g/mol. The van der Waals surface area contributed by atoms with E-state index in [4.69, 9.17) is 0 Å². The zero-order chi connectivity index (χ0) is 14.3. The summed E-state index contributed by atoms with van der Waals surface area (Å²) in [5.74, 6) is 0.301. The molecular formula is C13H20BrNO2SSi. The van der Waals surface area contributed by atoms with Gasteiger partial charge in [-0.25, -0.2) is 8.42 Å². The second-order valence-electron chi connectivity index (χ2n) is 6.26. The molecule has 3 nitrogen and oxygen atoms in total. The van der Waals surface area contributed by atoms with Crippen molar-refractivity contribution in [2.75, 3.05) is 12.3 Å². The van der Waals surface area contributed by atoms with Crippen LogP contribution in [0.25, 0.3) is 0 Å². The second-order valence-corrected chi connectivity index (χ2v) is 14.8. The summed E-state index contributed by atoms with van der Waals surface area (Å²) in [4.78, 5) is 0. The Labute approximate surface area is 125 Å². The van der Waals surface area contributed by atoms with Gasteiger partial charge in [-0.15, -0.1) is 0 Å². The SMILES string of the molecule is C[Si](C)(C)CCS(=O)(=O)N1C[C@@H]1c1ccc(Br)cc1. The van der Waals surface area contributed by atoms with E-state index in [0.717, 1.165) is 16.1 Å². The van der Waals surface area contributed by atoms with E-state index in [1.807, 2.05) is 24.3 Å². The lowest BCUT2D eigenvalue weighted by Gasteiger charge is -2.15. The third-order valence-corrected chi connectivity index (χ3v) is 7.77. The van der Waals surface area contributed by atoms with E-state index in [2.05, 4.69) is 35.6 Å². The minimum Gasteiger partial charge on any atom is -0.212 e. The van der Waals surface area contributed by atoms with Crippen LogP contribution in [-0.4, -0.2) is 33.1 Å². The average Bonchev–Trinajstić information content (AvgIpc) is 3.07. The van der Waals surface area contributed by atoms with Crippen LogP contribution in [0.3, 0.4) is 0 Å². The molecule has 1 unspecified atom stereocenters. The number of hydrogen-bond donors (Lipinski definition) is 0. The van der Waals surface area contributed by atoms with Crippen LogP contribution in [0.4, 0.5) is 0 Å². The third kappa shape index (κ3) is 4.14. The van der Waals surface area contributed by atoms with Gasteiger partial charge in [0.25, 0.3) is 0 Å². The maximum Gasteiger partial charge on any atom is 0.214 e. The normalized spacial score (nSPS) is 23.4. The number of nitrogens with zero attached hydrogens (tertiary/aromatic N) is 1. The van der Waals surface area contributed by atoms with E-state index in [-0.39, 0.29) is 6.04 Å². The lowest BCUT2D eigenvalue weighted by Crippen LogP contribution is -2.26. The molecule has 1 aliphatic rings. The van der Waals surface area contributed by atoms with Gasteiger partial charge in [-0.3, -0.25) is 0 Å². The van der Waals surface area contributed by atoms with E-state index in [1.165, 1.54) is 0 Å². The van der Waals surface area contributed by atoms with Crippen LogP contribution in [0, 0.1) is 0 Å². The molecule has 0 amide bonds. The van der Waals surface area contributed by atoms with E-state index in [1.54, 1.807) is 4.31 Å². The molecule has 1 aromatic rings. The molecule has 0 N–H and O–H groups in total. The molecule has 0 aromatic heterocycles. The summed E-state index contributed by atoms with van der Waals surface area (Å²) < 4.78 is 27.1. The van der Waals surface area contributed by atoms with Crippen molar-refractivity contribution in [3.63, 3.8) is 0 Å². The maximum absolute atomic E-state index is 12.2.